The van der Waals surface area contributed by atoms with E-state index < -0.39 is 5.91 Å². The van der Waals surface area contributed by atoms with Gasteiger partial charge < -0.3 is 10.6 Å². The van der Waals surface area contributed by atoms with Gasteiger partial charge in [0.1, 0.15) is 5.84 Å². The van der Waals surface area contributed by atoms with Gasteiger partial charge in [0.25, 0.3) is 0 Å². The van der Waals surface area contributed by atoms with Crippen molar-refractivity contribution in [3.63, 3.8) is 0 Å². The molecule has 0 aromatic heterocycles. The molecule has 1 amide bonds. The monoisotopic (exact) mass is 336 g/mol. The molecule has 2 heterocycles. The van der Waals surface area contributed by atoms with Crippen LogP contribution in [0, 0.1) is 5.41 Å². The summed E-state index contributed by atoms with van der Waals surface area (Å²) in [5.74, 6) is 0.488. The Kier molecular flexibility index (Phi) is 3.61. The van der Waals surface area contributed by atoms with Gasteiger partial charge in [-0.05, 0) is 41.8 Å². The number of rotatable bonds is 2. The van der Waals surface area contributed by atoms with Crippen LogP contribution in [-0.4, -0.2) is 34.9 Å². The molecule has 6 heteroatoms. The Bertz CT molecular complexity index is 873. The van der Waals surface area contributed by atoms with E-state index in [0.29, 0.717) is 10.7 Å². The van der Waals surface area contributed by atoms with Gasteiger partial charge in [0, 0.05) is 29.1 Å². The third kappa shape index (κ3) is 2.49. The van der Waals surface area contributed by atoms with Gasteiger partial charge in [0.2, 0.25) is 5.91 Å². The average Bonchev–Trinajstić information content (AvgIpc) is 2.61. The van der Waals surface area contributed by atoms with E-state index in [1.807, 2.05) is 17.0 Å². The summed E-state index contributed by atoms with van der Waals surface area (Å²) in [5, 5.41) is 8.78. The van der Waals surface area contributed by atoms with E-state index in [2.05, 4.69) is 23.2 Å². The molecule has 0 aliphatic carbocycles. The highest BCUT2D eigenvalue weighted by atomic mass is 32.2. The Morgan fingerprint density at radius 2 is 1.92 bits per heavy atom. The number of thioether (sulfide) groups is 1. The number of nitrogens with one attached hydrogen (secondary N) is 1. The fraction of sp³-hybridized carbons (Fsp3) is 0.167. The topological polar surface area (TPSA) is 82.5 Å². The molecule has 0 atom stereocenters. The highest BCUT2D eigenvalue weighted by Gasteiger charge is 2.29. The second-order valence-corrected chi connectivity index (χ2v) is 6.80. The summed E-state index contributed by atoms with van der Waals surface area (Å²) in [5.41, 5.74) is 8.95. The minimum Gasteiger partial charge on any atom is -0.366 e. The van der Waals surface area contributed by atoms with Crippen LogP contribution in [0.4, 0.5) is 0 Å². The molecule has 3 N–H and O–H groups in total. The van der Waals surface area contributed by atoms with Crippen LogP contribution in [-0.2, 0) is 0 Å². The van der Waals surface area contributed by atoms with Crippen molar-refractivity contribution in [2.45, 2.75) is 11.3 Å². The van der Waals surface area contributed by atoms with Gasteiger partial charge >= 0.3 is 0 Å². The van der Waals surface area contributed by atoms with E-state index >= 15 is 0 Å². The predicted octanol–water partition coefficient (Wildman–Crippen LogP) is 2.95. The molecule has 24 heavy (non-hydrogen) atoms. The lowest BCUT2D eigenvalue weighted by Crippen LogP contribution is -2.42. The quantitative estimate of drug-likeness (QED) is 0.884. The summed E-state index contributed by atoms with van der Waals surface area (Å²) in [4.78, 5) is 18.8. The van der Waals surface area contributed by atoms with Crippen LogP contribution in [0.15, 0.2) is 52.4 Å². The smallest absolute Gasteiger partial charge is 0.248 e. The molecule has 0 spiro atoms. The lowest BCUT2D eigenvalue weighted by atomic mass is 10.0. The number of amides is 1. The Morgan fingerprint density at radius 1 is 1.17 bits per heavy atom. The summed E-state index contributed by atoms with van der Waals surface area (Å²) in [6, 6.07) is 13.5. The zero-order chi connectivity index (χ0) is 16.7. The number of benzene rings is 2. The van der Waals surface area contributed by atoms with Gasteiger partial charge in [-0.25, -0.2) is 0 Å². The molecule has 2 aromatic rings. The zero-order valence-electron chi connectivity index (χ0n) is 13.0. The van der Waals surface area contributed by atoms with Gasteiger partial charge in [-0.1, -0.05) is 30.0 Å². The molecule has 0 saturated carbocycles. The lowest BCUT2D eigenvalue weighted by Gasteiger charge is -2.34. The summed E-state index contributed by atoms with van der Waals surface area (Å²) < 4.78 is 0. The number of carbonyl (C=O) groups is 1. The van der Waals surface area contributed by atoms with Crippen LogP contribution >= 0.6 is 11.8 Å². The molecule has 0 saturated heterocycles. The maximum absolute atomic E-state index is 11.2. The first-order valence-electron chi connectivity index (χ1n) is 7.76. The minimum atomic E-state index is -0.425. The highest BCUT2D eigenvalue weighted by Crippen LogP contribution is 2.36. The Balaban J connectivity index is 1.74. The number of carbonyl (C=O) groups excluding carboxylic acids is 1. The zero-order valence-corrected chi connectivity index (χ0v) is 13.8. The lowest BCUT2D eigenvalue weighted by molar-refractivity contribution is 0.100. The largest absolute Gasteiger partial charge is 0.366 e. The van der Waals surface area contributed by atoms with E-state index in [1.54, 1.807) is 12.1 Å². The van der Waals surface area contributed by atoms with E-state index in [4.69, 9.17) is 11.1 Å². The molecule has 4 rings (SSSR count). The van der Waals surface area contributed by atoms with Crippen LogP contribution in [0.1, 0.15) is 22.3 Å². The Hall–Kier alpha value is -2.60. The van der Waals surface area contributed by atoms with E-state index in [1.165, 1.54) is 11.8 Å². The highest BCUT2D eigenvalue weighted by molar-refractivity contribution is 8.14. The van der Waals surface area contributed by atoms with Crippen molar-refractivity contribution < 1.29 is 4.79 Å². The maximum atomic E-state index is 11.2. The second-order valence-electron chi connectivity index (χ2n) is 5.77. The number of nitrogens with zero attached hydrogens (tertiary/aromatic N) is 2. The third-order valence-corrected chi connectivity index (χ3v) is 5.21. The van der Waals surface area contributed by atoms with Gasteiger partial charge in [-0.15, -0.1) is 0 Å². The number of aliphatic imine (C=N–C) groups is 1. The van der Waals surface area contributed by atoms with Crippen molar-refractivity contribution in [3.8, 4) is 11.1 Å². The minimum absolute atomic E-state index is 0.425. The van der Waals surface area contributed by atoms with Crippen LogP contribution in [0.5, 0.6) is 0 Å². The van der Waals surface area contributed by atoms with Crippen molar-refractivity contribution in [3.05, 3.63) is 53.6 Å². The number of amidine groups is 2. The molecule has 0 fully saturated rings. The Morgan fingerprint density at radius 3 is 2.67 bits per heavy atom. The average molecular weight is 336 g/mol. The maximum Gasteiger partial charge on any atom is 0.248 e. The van der Waals surface area contributed by atoms with Gasteiger partial charge in [-0.2, -0.15) is 0 Å². The number of hydrogen-bond donors (Lipinski definition) is 2. The second kappa shape index (κ2) is 5.79. The first-order chi connectivity index (χ1) is 11.6. The fourth-order valence-corrected chi connectivity index (χ4v) is 3.94. The number of nitrogens with two attached hydrogens (primary N) is 1. The van der Waals surface area contributed by atoms with Crippen molar-refractivity contribution in [1.29, 1.82) is 5.41 Å². The first-order valence-corrected chi connectivity index (χ1v) is 8.58. The van der Waals surface area contributed by atoms with Crippen molar-refractivity contribution >= 4 is 28.7 Å². The van der Waals surface area contributed by atoms with E-state index in [9.17, 15) is 4.79 Å². The SMILES string of the molecule is N=C1Sc2cc(-c3ccc(C(N)=O)cc3)ccc2C2=NCCCN12. The molecule has 5 nitrogen and oxygen atoms in total. The molecule has 0 radical (unpaired) electrons. The van der Waals surface area contributed by atoms with Crippen LogP contribution < -0.4 is 5.73 Å². The van der Waals surface area contributed by atoms with Crippen LogP contribution in [0.2, 0.25) is 0 Å². The molecule has 120 valence electrons. The molecule has 0 bridgehead atoms. The Labute approximate surface area is 144 Å². The molecular weight excluding hydrogens is 320 g/mol. The number of primary amides is 1. The summed E-state index contributed by atoms with van der Waals surface area (Å²) in [7, 11) is 0. The number of hydrogen-bond acceptors (Lipinski definition) is 4. The number of fused-ring (bicyclic) bond motifs is 3. The third-order valence-electron chi connectivity index (χ3n) is 4.23. The van der Waals surface area contributed by atoms with Crippen molar-refractivity contribution in [2.75, 3.05) is 13.1 Å². The normalized spacial score (nSPS) is 16.2. The molecule has 2 aliphatic rings. The summed E-state index contributed by atoms with van der Waals surface area (Å²) in [6.07, 6.45) is 0.992. The fourth-order valence-electron chi connectivity index (χ4n) is 2.99. The first kappa shape index (κ1) is 15.0. The van der Waals surface area contributed by atoms with E-state index in [-0.39, 0.29) is 0 Å². The van der Waals surface area contributed by atoms with E-state index in [0.717, 1.165) is 46.9 Å². The molecule has 0 unspecified atom stereocenters. The van der Waals surface area contributed by atoms with Gasteiger partial charge in [-0.3, -0.25) is 15.2 Å². The standard InChI is InChI=1S/C18H16N4OS/c19-16(23)12-4-2-11(3-5-12)13-6-7-14-15(10-13)24-18(20)22-9-1-8-21-17(14)22/h2-7,10,20H,1,8-9H2,(H2,19,23). The summed E-state index contributed by atoms with van der Waals surface area (Å²) >= 11 is 1.47. The molecule has 2 aliphatic heterocycles. The predicted molar refractivity (Wildman–Crippen MR) is 96.7 cm³/mol. The van der Waals surface area contributed by atoms with Gasteiger partial charge in [0.05, 0.1) is 0 Å². The van der Waals surface area contributed by atoms with Crippen LogP contribution in [0.25, 0.3) is 11.1 Å². The van der Waals surface area contributed by atoms with Crippen LogP contribution in [0.3, 0.4) is 0 Å². The molecular formula is C18H16N4OS. The molecule has 2 aromatic carbocycles. The van der Waals surface area contributed by atoms with Crippen molar-refractivity contribution in [2.24, 2.45) is 10.7 Å². The summed E-state index contributed by atoms with van der Waals surface area (Å²) in [6.45, 7) is 1.68. The van der Waals surface area contributed by atoms with Crippen molar-refractivity contribution in [1.82, 2.24) is 4.90 Å². The van der Waals surface area contributed by atoms with Gasteiger partial charge in [0.15, 0.2) is 5.17 Å².